The molecule has 1 aromatic heterocycles. The smallest absolute Gasteiger partial charge is 0.323 e. The first-order valence-corrected chi connectivity index (χ1v) is 10.6. The molecule has 1 saturated carbocycles. The summed E-state index contributed by atoms with van der Waals surface area (Å²) in [5, 5.41) is 5.14. The largest absolute Gasteiger partial charge is 0.326 e. The number of hydrogen-bond donors (Lipinski definition) is 1. The SMILES string of the molecule is O=C1NC2(CCCC2)C(=O)N1CN1CCc2sccc2C1c1ccccc1. The number of hydrogen-bond acceptors (Lipinski definition) is 4. The van der Waals surface area contributed by atoms with E-state index in [1.165, 1.54) is 20.9 Å². The fraction of sp³-hybridized carbons (Fsp3) is 0.429. The summed E-state index contributed by atoms with van der Waals surface area (Å²) in [5.41, 5.74) is 1.88. The molecule has 1 unspecified atom stereocenters. The van der Waals surface area contributed by atoms with Crippen LogP contribution in [0.4, 0.5) is 4.79 Å². The maximum atomic E-state index is 13.1. The summed E-state index contributed by atoms with van der Waals surface area (Å²) in [5.74, 6) is -0.0343. The van der Waals surface area contributed by atoms with Crippen LogP contribution in [0.2, 0.25) is 0 Å². The number of urea groups is 1. The van der Waals surface area contributed by atoms with Gasteiger partial charge in [0.1, 0.15) is 5.54 Å². The summed E-state index contributed by atoms with van der Waals surface area (Å²) < 4.78 is 0. The van der Waals surface area contributed by atoms with Crippen molar-refractivity contribution >= 4 is 23.3 Å². The van der Waals surface area contributed by atoms with Gasteiger partial charge in [0, 0.05) is 11.4 Å². The molecular weight excluding hydrogens is 358 g/mol. The summed E-state index contributed by atoms with van der Waals surface area (Å²) in [6, 6.07) is 12.4. The van der Waals surface area contributed by atoms with Gasteiger partial charge in [-0.2, -0.15) is 0 Å². The van der Waals surface area contributed by atoms with E-state index in [0.717, 1.165) is 38.6 Å². The van der Waals surface area contributed by atoms with Crippen molar-refractivity contribution in [1.29, 1.82) is 0 Å². The monoisotopic (exact) mass is 381 g/mol. The van der Waals surface area contributed by atoms with E-state index >= 15 is 0 Å². The predicted octanol–water partition coefficient (Wildman–Crippen LogP) is 3.52. The van der Waals surface area contributed by atoms with Crippen molar-refractivity contribution in [3.63, 3.8) is 0 Å². The number of thiophene rings is 1. The van der Waals surface area contributed by atoms with E-state index in [1.54, 1.807) is 11.3 Å². The third-order valence-corrected chi connectivity index (χ3v) is 7.20. The summed E-state index contributed by atoms with van der Waals surface area (Å²) in [6.45, 7) is 1.19. The molecule has 2 fully saturated rings. The Kier molecular flexibility index (Phi) is 4.06. The third-order valence-electron chi connectivity index (χ3n) is 6.21. The number of rotatable bonds is 3. The molecule has 6 heteroatoms. The van der Waals surface area contributed by atoms with Crippen LogP contribution in [0.25, 0.3) is 0 Å². The van der Waals surface area contributed by atoms with Crippen LogP contribution < -0.4 is 5.32 Å². The Hall–Kier alpha value is -2.18. The van der Waals surface area contributed by atoms with E-state index < -0.39 is 5.54 Å². The highest BCUT2D eigenvalue weighted by Crippen LogP contribution is 2.39. The Balaban J connectivity index is 1.46. The molecule has 1 N–H and O–H groups in total. The lowest BCUT2D eigenvalue weighted by Gasteiger charge is -2.37. The normalized spacial score (nSPS) is 24.4. The average Bonchev–Trinajstić information content (AvgIpc) is 3.39. The number of carbonyl (C=O) groups excluding carboxylic acids is 2. The number of amides is 3. The molecule has 1 aliphatic carbocycles. The molecule has 3 heterocycles. The number of nitrogens with one attached hydrogen (secondary N) is 1. The van der Waals surface area contributed by atoms with Gasteiger partial charge in [0.2, 0.25) is 0 Å². The molecule has 1 aromatic carbocycles. The lowest BCUT2D eigenvalue weighted by molar-refractivity contribution is -0.132. The lowest BCUT2D eigenvalue weighted by Crippen LogP contribution is -2.47. The fourth-order valence-corrected chi connectivity index (χ4v) is 5.75. The Labute approximate surface area is 163 Å². The van der Waals surface area contributed by atoms with Gasteiger partial charge < -0.3 is 5.32 Å². The van der Waals surface area contributed by atoms with Crippen molar-refractivity contribution in [2.24, 2.45) is 0 Å². The molecule has 140 valence electrons. The molecule has 3 amide bonds. The van der Waals surface area contributed by atoms with Crippen LogP contribution in [0.5, 0.6) is 0 Å². The minimum atomic E-state index is -0.636. The molecule has 5 nitrogen and oxygen atoms in total. The average molecular weight is 382 g/mol. The zero-order valence-electron chi connectivity index (χ0n) is 15.2. The van der Waals surface area contributed by atoms with Gasteiger partial charge in [-0.25, -0.2) is 9.69 Å². The molecule has 2 aliphatic heterocycles. The maximum Gasteiger partial charge on any atom is 0.326 e. The number of imide groups is 1. The fourth-order valence-electron chi connectivity index (χ4n) is 4.85. The van der Waals surface area contributed by atoms with Gasteiger partial charge in [-0.3, -0.25) is 9.69 Å². The molecule has 3 aliphatic rings. The topological polar surface area (TPSA) is 52.7 Å². The zero-order chi connectivity index (χ0) is 18.4. The second kappa shape index (κ2) is 6.46. The second-order valence-electron chi connectivity index (χ2n) is 7.77. The van der Waals surface area contributed by atoms with E-state index in [9.17, 15) is 9.59 Å². The molecule has 1 saturated heterocycles. The Morgan fingerprint density at radius 2 is 1.89 bits per heavy atom. The van der Waals surface area contributed by atoms with Crippen LogP contribution in [0.1, 0.15) is 47.7 Å². The van der Waals surface area contributed by atoms with Gasteiger partial charge in [-0.1, -0.05) is 43.2 Å². The molecule has 27 heavy (non-hydrogen) atoms. The van der Waals surface area contributed by atoms with E-state index in [0.29, 0.717) is 6.67 Å². The van der Waals surface area contributed by atoms with Gasteiger partial charge in [0.05, 0.1) is 12.7 Å². The van der Waals surface area contributed by atoms with Crippen LogP contribution in [0.15, 0.2) is 41.8 Å². The standard InChI is InChI=1S/C21H23N3O2S/c25-19-21(10-4-5-11-21)22-20(26)24(19)14-23-12-8-17-16(9-13-27-17)18(23)15-6-2-1-3-7-15/h1-3,6-7,9,13,18H,4-5,8,10-12,14H2,(H,22,26). The zero-order valence-corrected chi connectivity index (χ0v) is 16.0. The van der Waals surface area contributed by atoms with Crippen LogP contribution in [-0.4, -0.2) is 40.5 Å². The number of nitrogens with zero attached hydrogens (tertiary/aromatic N) is 2. The highest BCUT2D eigenvalue weighted by Gasteiger charge is 2.53. The molecule has 0 bridgehead atoms. The van der Waals surface area contributed by atoms with Crippen molar-refractivity contribution in [3.8, 4) is 0 Å². The second-order valence-corrected chi connectivity index (χ2v) is 8.77. The van der Waals surface area contributed by atoms with Gasteiger partial charge in [-0.15, -0.1) is 11.3 Å². The van der Waals surface area contributed by atoms with Gasteiger partial charge in [0.25, 0.3) is 5.91 Å². The van der Waals surface area contributed by atoms with Crippen molar-refractivity contribution in [2.75, 3.05) is 13.2 Å². The lowest BCUT2D eigenvalue weighted by atomic mass is 9.93. The van der Waals surface area contributed by atoms with Crippen LogP contribution >= 0.6 is 11.3 Å². The quantitative estimate of drug-likeness (QED) is 0.828. The Morgan fingerprint density at radius 3 is 2.67 bits per heavy atom. The Morgan fingerprint density at radius 1 is 1.11 bits per heavy atom. The molecule has 0 radical (unpaired) electrons. The highest BCUT2D eigenvalue weighted by atomic mass is 32.1. The highest BCUT2D eigenvalue weighted by molar-refractivity contribution is 7.10. The van der Waals surface area contributed by atoms with Crippen LogP contribution in [-0.2, 0) is 11.2 Å². The van der Waals surface area contributed by atoms with Gasteiger partial charge in [-0.05, 0) is 41.8 Å². The van der Waals surface area contributed by atoms with Crippen molar-refractivity contribution in [1.82, 2.24) is 15.1 Å². The summed E-state index contributed by atoms with van der Waals surface area (Å²) in [7, 11) is 0. The van der Waals surface area contributed by atoms with Crippen molar-refractivity contribution < 1.29 is 9.59 Å². The molecule has 5 rings (SSSR count). The van der Waals surface area contributed by atoms with Gasteiger partial charge in [0.15, 0.2) is 0 Å². The first kappa shape index (κ1) is 17.0. The van der Waals surface area contributed by atoms with E-state index in [-0.39, 0.29) is 18.0 Å². The van der Waals surface area contributed by atoms with Crippen LogP contribution in [0.3, 0.4) is 0 Å². The first-order valence-electron chi connectivity index (χ1n) is 9.67. The summed E-state index contributed by atoms with van der Waals surface area (Å²) >= 11 is 1.80. The Bertz CT molecular complexity index is 873. The van der Waals surface area contributed by atoms with Gasteiger partial charge >= 0.3 is 6.03 Å². The molecule has 1 spiro atoms. The van der Waals surface area contributed by atoms with E-state index in [2.05, 4.69) is 45.9 Å². The number of carbonyl (C=O) groups is 2. The molecule has 1 atom stereocenters. The minimum Gasteiger partial charge on any atom is -0.323 e. The molecular formula is C21H23N3O2S. The third kappa shape index (κ3) is 2.70. The van der Waals surface area contributed by atoms with Crippen LogP contribution in [0, 0.1) is 0 Å². The van der Waals surface area contributed by atoms with Crippen molar-refractivity contribution in [2.45, 2.75) is 43.7 Å². The predicted molar refractivity (Wildman–Crippen MR) is 104 cm³/mol. The number of benzene rings is 1. The van der Waals surface area contributed by atoms with E-state index in [1.807, 2.05) is 6.07 Å². The summed E-state index contributed by atoms with van der Waals surface area (Å²) in [6.07, 6.45) is 4.52. The summed E-state index contributed by atoms with van der Waals surface area (Å²) in [4.78, 5) is 30.8. The maximum absolute atomic E-state index is 13.1. The number of fused-ring (bicyclic) bond motifs is 1. The minimum absolute atomic E-state index is 0.0343. The first-order chi connectivity index (χ1) is 13.2. The van der Waals surface area contributed by atoms with E-state index in [4.69, 9.17) is 0 Å². The van der Waals surface area contributed by atoms with Crippen molar-refractivity contribution in [3.05, 3.63) is 57.8 Å². The molecule has 2 aromatic rings.